The van der Waals surface area contributed by atoms with Crippen molar-refractivity contribution >= 4 is 5.97 Å². The molecule has 2 heterocycles. The lowest BCUT2D eigenvalue weighted by Crippen LogP contribution is -2.41. The van der Waals surface area contributed by atoms with Gasteiger partial charge in [0.15, 0.2) is 0 Å². The topological polar surface area (TPSA) is 53.4 Å². The first-order valence-corrected chi connectivity index (χ1v) is 8.26. The van der Waals surface area contributed by atoms with Crippen molar-refractivity contribution in [1.29, 1.82) is 0 Å². The van der Waals surface area contributed by atoms with Crippen molar-refractivity contribution < 1.29 is 14.3 Å². The van der Waals surface area contributed by atoms with Crippen LogP contribution in [0.15, 0.2) is 48.7 Å². The van der Waals surface area contributed by atoms with Gasteiger partial charge in [0.1, 0.15) is 5.82 Å². The van der Waals surface area contributed by atoms with Crippen LogP contribution < -0.4 is 0 Å². The maximum absolute atomic E-state index is 14.4. The van der Waals surface area contributed by atoms with E-state index in [-0.39, 0.29) is 11.9 Å². The van der Waals surface area contributed by atoms with Crippen LogP contribution in [-0.2, 0) is 11.2 Å². The van der Waals surface area contributed by atoms with Crippen LogP contribution in [0.2, 0.25) is 0 Å². The van der Waals surface area contributed by atoms with E-state index in [1.54, 1.807) is 18.3 Å². The van der Waals surface area contributed by atoms with Gasteiger partial charge in [0, 0.05) is 36.5 Å². The Morgan fingerprint density at radius 1 is 1.29 bits per heavy atom. The highest BCUT2D eigenvalue weighted by Crippen LogP contribution is 2.31. The minimum absolute atomic E-state index is 0.205. The molecule has 24 heavy (non-hydrogen) atoms. The van der Waals surface area contributed by atoms with Crippen LogP contribution in [0, 0.1) is 11.7 Å². The first kappa shape index (κ1) is 16.6. The monoisotopic (exact) mass is 328 g/mol. The second-order valence-corrected chi connectivity index (χ2v) is 6.23. The molecule has 2 atom stereocenters. The van der Waals surface area contributed by atoms with Crippen LogP contribution in [0.5, 0.6) is 0 Å². The number of aromatic nitrogens is 1. The summed E-state index contributed by atoms with van der Waals surface area (Å²) in [7, 11) is 0. The lowest BCUT2D eigenvalue weighted by Gasteiger charge is -2.37. The molecular weight excluding hydrogens is 307 g/mol. The number of hydrogen-bond acceptors (Lipinski definition) is 3. The zero-order valence-electron chi connectivity index (χ0n) is 13.4. The molecule has 126 valence electrons. The number of hydrogen-bond donors (Lipinski definition) is 1. The summed E-state index contributed by atoms with van der Waals surface area (Å²) in [5.41, 5.74) is 1.48. The van der Waals surface area contributed by atoms with Crippen molar-refractivity contribution in [3.05, 3.63) is 65.7 Å². The zero-order valence-corrected chi connectivity index (χ0v) is 13.4. The van der Waals surface area contributed by atoms with Gasteiger partial charge in [0.05, 0.1) is 5.92 Å². The number of carbonyl (C=O) groups is 1. The molecule has 0 saturated carbocycles. The molecule has 2 unspecified atom stereocenters. The van der Waals surface area contributed by atoms with E-state index in [2.05, 4.69) is 9.88 Å². The molecule has 1 fully saturated rings. The molecule has 0 amide bonds. The predicted octanol–water partition coefficient (Wildman–Crippen LogP) is 3.30. The summed E-state index contributed by atoms with van der Waals surface area (Å²) in [6.07, 6.45) is 3.78. The zero-order chi connectivity index (χ0) is 16.9. The Labute approximate surface area is 141 Å². The van der Waals surface area contributed by atoms with Gasteiger partial charge in [-0.05, 0) is 37.6 Å². The molecule has 1 aromatic heterocycles. The van der Waals surface area contributed by atoms with Gasteiger partial charge in [-0.25, -0.2) is 4.39 Å². The number of carboxylic acid groups (broad SMARTS) is 1. The SMILES string of the molecule is O=C(O)C1CCCN(C(Cc2ccccn2)c2ccccc2F)C1. The smallest absolute Gasteiger partial charge is 0.307 e. The molecule has 1 aromatic carbocycles. The average molecular weight is 328 g/mol. The second kappa shape index (κ2) is 7.53. The van der Waals surface area contributed by atoms with E-state index in [0.717, 1.165) is 18.7 Å². The lowest BCUT2D eigenvalue weighted by atomic mass is 9.92. The highest BCUT2D eigenvalue weighted by atomic mass is 19.1. The predicted molar refractivity (Wildman–Crippen MR) is 89.0 cm³/mol. The summed E-state index contributed by atoms with van der Waals surface area (Å²) in [6, 6.07) is 12.2. The maximum atomic E-state index is 14.4. The summed E-state index contributed by atoms with van der Waals surface area (Å²) >= 11 is 0. The van der Waals surface area contributed by atoms with Crippen LogP contribution in [0.1, 0.15) is 30.1 Å². The number of piperidine rings is 1. The third-order valence-corrected chi connectivity index (χ3v) is 4.64. The van der Waals surface area contributed by atoms with Gasteiger partial charge in [-0.1, -0.05) is 24.3 Å². The second-order valence-electron chi connectivity index (χ2n) is 6.23. The van der Waals surface area contributed by atoms with Gasteiger partial charge < -0.3 is 5.11 Å². The van der Waals surface area contributed by atoms with Gasteiger partial charge >= 0.3 is 5.97 Å². The van der Waals surface area contributed by atoms with Crippen LogP contribution >= 0.6 is 0 Å². The first-order valence-electron chi connectivity index (χ1n) is 8.26. The fourth-order valence-electron chi connectivity index (χ4n) is 3.39. The molecule has 2 aromatic rings. The van der Waals surface area contributed by atoms with Gasteiger partial charge in [0.2, 0.25) is 0 Å². The summed E-state index contributed by atoms with van der Waals surface area (Å²) < 4.78 is 14.4. The number of nitrogens with zero attached hydrogens (tertiary/aromatic N) is 2. The highest BCUT2D eigenvalue weighted by molar-refractivity contribution is 5.70. The molecule has 0 bridgehead atoms. The van der Waals surface area contributed by atoms with Gasteiger partial charge in [-0.15, -0.1) is 0 Å². The number of rotatable bonds is 5. The van der Waals surface area contributed by atoms with E-state index in [0.29, 0.717) is 24.9 Å². The largest absolute Gasteiger partial charge is 0.481 e. The number of halogens is 1. The fourth-order valence-corrected chi connectivity index (χ4v) is 3.39. The standard InChI is InChI=1S/C19H21FN2O2/c20-17-9-2-1-8-16(17)18(12-15-7-3-4-10-21-15)22-11-5-6-14(13-22)19(23)24/h1-4,7-10,14,18H,5-6,11-13H2,(H,23,24). The van der Waals surface area contributed by atoms with E-state index >= 15 is 0 Å². The van der Waals surface area contributed by atoms with E-state index in [1.807, 2.05) is 24.3 Å². The molecule has 1 saturated heterocycles. The van der Waals surface area contributed by atoms with Crippen LogP contribution in [0.4, 0.5) is 4.39 Å². The quantitative estimate of drug-likeness (QED) is 0.915. The van der Waals surface area contributed by atoms with Gasteiger partial charge in [-0.3, -0.25) is 14.7 Å². The maximum Gasteiger partial charge on any atom is 0.307 e. The van der Waals surface area contributed by atoms with E-state index < -0.39 is 11.9 Å². The molecule has 1 aliphatic rings. The van der Waals surface area contributed by atoms with Crippen molar-refractivity contribution in [2.24, 2.45) is 5.92 Å². The number of aliphatic carboxylic acids is 1. The Morgan fingerprint density at radius 2 is 2.08 bits per heavy atom. The van der Waals surface area contributed by atoms with Gasteiger partial charge in [-0.2, -0.15) is 0 Å². The number of carboxylic acids is 1. The Balaban J connectivity index is 1.90. The number of benzene rings is 1. The van der Waals surface area contributed by atoms with Crippen LogP contribution in [-0.4, -0.2) is 34.0 Å². The highest BCUT2D eigenvalue weighted by Gasteiger charge is 2.31. The summed E-state index contributed by atoms with van der Waals surface area (Å²) in [6.45, 7) is 1.22. The summed E-state index contributed by atoms with van der Waals surface area (Å²) in [4.78, 5) is 17.8. The molecular formula is C19H21FN2O2. The minimum atomic E-state index is -0.773. The third kappa shape index (κ3) is 3.79. The van der Waals surface area contributed by atoms with Crippen molar-refractivity contribution in [3.63, 3.8) is 0 Å². The summed E-state index contributed by atoms with van der Waals surface area (Å²) in [5.74, 6) is -1.42. The molecule has 4 nitrogen and oxygen atoms in total. The van der Waals surface area contributed by atoms with E-state index in [1.165, 1.54) is 6.07 Å². The molecule has 1 N–H and O–H groups in total. The number of likely N-dealkylation sites (tertiary alicyclic amines) is 1. The third-order valence-electron chi connectivity index (χ3n) is 4.64. The fraction of sp³-hybridized carbons (Fsp3) is 0.368. The van der Waals surface area contributed by atoms with Crippen molar-refractivity contribution in [3.8, 4) is 0 Å². The Kier molecular flexibility index (Phi) is 5.20. The summed E-state index contributed by atoms with van der Waals surface area (Å²) in [5, 5.41) is 9.34. The molecule has 5 heteroatoms. The Morgan fingerprint density at radius 3 is 2.79 bits per heavy atom. The normalized spacial score (nSPS) is 19.8. The van der Waals surface area contributed by atoms with Crippen molar-refractivity contribution in [2.75, 3.05) is 13.1 Å². The number of pyridine rings is 1. The first-order chi connectivity index (χ1) is 11.6. The van der Waals surface area contributed by atoms with Crippen molar-refractivity contribution in [2.45, 2.75) is 25.3 Å². The lowest BCUT2D eigenvalue weighted by molar-refractivity contribution is -0.144. The van der Waals surface area contributed by atoms with E-state index in [9.17, 15) is 14.3 Å². The van der Waals surface area contributed by atoms with Crippen LogP contribution in [0.3, 0.4) is 0 Å². The molecule has 3 rings (SSSR count). The molecule has 0 aliphatic carbocycles. The van der Waals surface area contributed by atoms with Gasteiger partial charge in [0.25, 0.3) is 0 Å². The molecule has 0 spiro atoms. The minimum Gasteiger partial charge on any atom is -0.481 e. The van der Waals surface area contributed by atoms with E-state index in [4.69, 9.17) is 0 Å². The Hall–Kier alpha value is -2.27. The molecule has 0 radical (unpaired) electrons. The Bertz CT molecular complexity index is 693. The average Bonchev–Trinajstić information content (AvgIpc) is 2.61. The van der Waals surface area contributed by atoms with Crippen molar-refractivity contribution in [1.82, 2.24) is 9.88 Å². The van der Waals surface area contributed by atoms with Crippen LogP contribution in [0.25, 0.3) is 0 Å². The molecule has 1 aliphatic heterocycles.